The first-order chi connectivity index (χ1) is 20.4. The van der Waals surface area contributed by atoms with Gasteiger partial charge in [0.05, 0.1) is 11.4 Å². The maximum atomic E-state index is 5.08. The molecule has 6 heteroatoms. The van der Waals surface area contributed by atoms with Gasteiger partial charge in [-0.05, 0) is 117 Å². The molecular weight excluding hydrogens is 684 g/mol. The van der Waals surface area contributed by atoms with Gasteiger partial charge in [0, 0.05) is 28.5 Å². The van der Waals surface area contributed by atoms with Crippen LogP contribution in [-0.2, 0) is 12.8 Å². The molecule has 2 unspecified atom stereocenters. The summed E-state index contributed by atoms with van der Waals surface area (Å²) < 4.78 is 1.90. The predicted octanol–water partition coefficient (Wildman–Crippen LogP) is 13.1. The number of aromatic nitrogens is 2. The average Bonchev–Trinajstić information content (AvgIpc) is 3.66. The fourth-order valence-corrected chi connectivity index (χ4v) is 8.19. The first-order valence-corrected chi connectivity index (χ1v) is 18.8. The number of thiophene rings is 2. The lowest BCUT2D eigenvalue weighted by Gasteiger charge is -2.12. The Hall–Kier alpha value is -1.60. The molecule has 0 aliphatic heterocycles. The normalized spacial score (nSPS) is 13.6. The minimum absolute atomic E-state index is 0.779. The monoisotopic (exact) mass is 726 g/mol. The number of nitrogens with zero attached hydrogens (tertiary/aromatic N) is 2. The van der Waals surface area contributed by atoms with E-state index in [9.17, 15) is 0 Å². The van der Waals surface area contributed by atoms with Crippen LogP contribution in [0.1, 0.15) is 110 Å². The summed E-state index contributed by atoms with van der Waals surface area (Å²) in [4.78, 5) is 15.6. The zero-order valence-corrected chi connectivity index (χ0v) is 30.3. The van der Waals surface area contributed by atoms with E-state index in [2.05, 4.69) is 108 Å². The third-order valence-electron chi connectivity index (χ3n) is 8.02. The molecule has 0 fully saturated rings. The molecule has 0 aliphatic rings. The van der Waals surface area contributed by atoms with Gasteiger partial charge in [0.25, 0.3) is 0 Å². The van der Waals surface area contributed by atoms with Gasteiger partial charge < -0.3 is 0 Å². The Morgan fingerprint density at radius 1 is 0.619 bits per heavy atom. The van der Waals surface area contributed by atoms with Crippen molar-refractivity contribution < 1.29 is 0 Å². The molecule has 4 rings (SSSR count). The van der Waals surface area contributed by atoms with Gasteiger partial charge >= 0.3 is 0 Å². The molecule has 4 aromatic rings. The van der Waals surface area contributed by atoms with Gasteiger partial charge in [-0.25, -0.2) is 9.97 Å². The second-order valence-electron chi connectivity index (χ2n) is 11.2. The molecule has 2 atom stereocenters. The van der Waals surface area contributed by atoms with Crippen molar-refractivity contribution in [2.24, 2.45) is 11.8 Å². The van der Waals surface area contributed by atoms with Crippen LogP contribution in [-0.4, -0.2) is 9.97 Å². The van der Waals surface area contributed by atoms with Gasteiger partial charge in [0.15, 0.2) is 0 Å². The molecule has 1 aromatic carbocycles. The summed E-state index contributed by atoms with van der Waals surface area (Å²) in [5.74, 6) is 1.56. The van der Waals surface area contributed by atoms with Crippen LogP contribution in [0.15, 0.2) is 45.3 Å². The van der Waals surface area contributed by atoms with Crippen LogP contribution < -0.4 is 0 Å². The molecule has 0 bridgehead atoms. The van der Waals surface area contributed by atoms with Crippen LogP contribution in [0.4, 0.5) is 0 Å². The molecule has 3 aromatic heterocycles. The van der Waals surface area contributed by atoms with Crippen molar-refractivity contribution in [1.29, 1.82) is 0 Å². The van der Waals surface area contributed by atoms with Crippen molar-refractivity contribution in [3.05, 3.63) is 76.2 Å². The van der Waals surface area contributed by atoms with E-state index in [4.69, 9.17) is 9.97 Å². The largest absolute Gasteiger partial charge is 0.243 e. The van der Waals surface area contributed by atoms with Crippen LogP contribution in [0, 0.1) is 11.8 Å². The molecule has 0 N–H and O–H groups in total. The Bertz CT molecular complexity index is 1370. The summed E-state index contributed by atoms with van der Waals surface area (Å²) >= 11 is 11.2. The Labute approximate surface area is 278 Å². The molecule has 42 heavy (non-hydrogen) atoms. The van der Waals surface area contributed by atoms with Crippen LogP contribution in [0.25, 0.3) is 35.3 Å². The summed E-state index contributed by atoms with van der Waals surface area (Å²) in [6.45, 7) is 9.22. The molecule has 0 saturated heterocycles. The van der Waals surface area contributed by atoms with Crippen molar-refractivity contribution in [2.75, 3.05) is 0 Å². The SMILES string of the molecule is CCCCC(CC)Cc1ccc(/C=C/c2nc3c(Br)ccc(Br)c3nc2/C=C/c2ccc(CC(CC)CCCC)s2)s1. The Kier molecular flexibility index (Phi) is 13.5. The fraction of sp³-hybridized carbons (Fsp3) is 0.444. The lowest BCUT2D eigenvalue weighted by atomic mass is 9.95. The van der Waals surface area contributed by atoms with E-state index in [0.29, 0.717) is 0 Å². The molecule has 0 aliphatic carbocycles. The minimum Gasteiger partial charge on any atom is -0.243 e. The van der Waals surface area contributed by atoms with E-state index in [1.807, 2.05) is 34.8 Å². The molecule has 0 saturated carbocycles. The summed E-state index contributed by atoms with van der Waals surface area (Å²) in [5, 5.41) is 0. The van der Waals surface area contributed by atoms with Crippen LogP contribution in [0.5, 0.6) is 0 Å². The Morgan fingerprint density at radius 2 is 1.05 bits per heavy atom. The number of hydrogen-bond donors (Lipinski definition) is 0. The number of hydrogen-bond acceptors (Lipinski definition) is 4. The lowest BCUT2D eigenvalue weighted by molar-refractivity contribution is 0.452. The van der Waals surface area contributed by atoms with Crippen molar-refractivity contribution in [3.8, 4) is 0 Å². The van der Waals surface area contributed by atoms with E-state index in [1.54, 1.807) is 0 Å². The second-order valence-corrected chi connectivity index (χ2v) is 15.3. The highest BCUT2D eigenvalue weighted by atomic mass is 79.9. The maximum absolute atomic E-state index is 5.08. The Balaban J connectivity index is 1.58. The predicted molar refractivity (Wildman–Crippen MR) is 195 cm³/mol. The minimum atomic E-state index is 0.779. The zero-order valence-electron chi connectivity index (χ0n) is 25.5. The quantitative estimate of drug-likeness (QED) is 0.115. The van der Waals surface area contributed by atoms with Gasteiger partial charge in [0.1, 0.15) is 11.0 Å². The van der Waals surface area contributed by atoms with E-state index in [0.717, 1.165) is 43.2 Å². The highest BCUT2D eigenvalue weighted by Crippen LogP contribution is 2.31. The maximum Gasteiger partial charge on any atom is 0.105 e. The smallest absolute Gasteiger partial charge is 0.105 e. The van der Waals surface area contributed by atoms with Crippen LogP contribution in [0.3, 0.4) is 0 Å². The number of unbranched alkanes of at least 4 members (excludes halogenated alkanes) is 2. The van der Waals surface area contributed by atoms with Gasteiger partial charge in [-0.15, -0.1) is 22.7 Å². The zero-order chi connectivity index (χ0) is 29.9. The van der Waals surface area contributed by atoms with Gasteiger partial charge in [-0.1, -0.05) is 79.1 Å². The summed E-state index contributed by atoms with van der Waals surface area (Å²) in [6, 6.07) is 13.2. The highest BCUT2D eigenvalue weighted by molar-refractivity contribution is 9.11. The molecule has 0 radical (unpaired) electrons. The van der Waals surface area contributed by atoms with Crippen molar-refractivity contribution in [1.82, 2.24) is 9.97 Å². The summed E-state index contributed by atoms with van der Waals surface area (Å²) in [7, 11) is 0. The average molecular weight is 729 g/mol. The number of benzene rings is 1. The van der Waals surface area contributed by atoms with Crippen LogP contribution in [0.2, 0.25) is 0 Å². The summed E-state index contributed by atoms with van der Waals surface area (Å²) in [6.07, 6.45) is 21.4. The Morgan fingerprint density at radius 3 is 1.43 bits per heavy atom. The first kappa shape index (κ1) is 33.3. The highest BCUT2D eigenvalue weighted by Gasteiger charge is 2.13. The van der Waals surface area contributed by atoms with Gasteiger partial charge in [-0.2, -0.15) is 0 Å². The van der Waals surface area contributed by atoms with Gasteiger partial charge in [-0.3, -0.25) is 0 Å². The number of rotatable bonds is 16. The van der Waals surface area contributed by atoms with E-state index < -0.39 is 0 Å². The molecule has 224 valence electrons. The molecule has 3 heterocycles. The van der Waals surface area contributed by atoms with Crippen LogP contribution >= 0.6 is 54.5 Å². The topological polar surface area (TPSA) is 25.8 Å². The van der Waals surface area contributed by atoms with Gasteiger partial charge in [0.2, 0.25) is 0 Å². The number of halogens is 2. The lowest BCUT2D eigenvalue weighted by Crippen LogP contribution is -2.01. The second kappa shape index (κ2) is 17.0. The first-order valence-electron chi connectivity index (χ1n) is 15.6. The fourth-order valence-electron chi connectivity index (χ4n) is 5.31. The van der Waals surface area contributed by atoms with E-state index >= 15 is 0 Å². The number of fused-ring (bicyclic) bond motifs is 1. The molecule has 2 nitrogen and oxygen atoms in total. The molecule has 0 spiro atoms. The standard InChI is InChI=1S/C36H44Br2N2S2/c1-5-9-11-25(7-3)23-29-15-13-27(41-29)17-21-33-34(40-36-32(38)20-19-31(37)35(36)39-33)22-18-28-14-16-30(42-28)24-26(8-4)12-10-6-2/h13-22,25-26H,5-12,23-24H2,1-4H3/b21-17+,22-18+. The van der Waals surface area contributed by atoms with E-state index in [-0.39, 0.29) is 0 Å². The van der Waals surface area contributed by atoms with Crippen molar-refractivity contribution >= 4 is 89.9 Å². The van der Waals surface area contributed by atoms with Crippen molar-refractivity contribution in [2.45, 2.75) is 91.9 Å². The third kappa shape index (κ3) is 9.45. The third-order valence-corrected chi connectivity index (χ3v) is 11.4. The molecule has 0 amide bonds. The van der Waals surface area contributed by atoms with Crippen molar-refractivity contribution in [3.63, 3.8) is 0 Å². The summed E-state index contributed by atoms with van der Waals surface area (Å²) in [5.41, 5.74) is 3.49. The molecular formula is C36H44Br2N2S2. The van der Waals surface area contributed by atoms with E-state index in [1.165, 1.54) is 83.7 Å².